The van der Waals surface area contributed by atoms with Gasteiger partial charge in [-0.25, -0.2) is 0 Å². The van der Waals surface area contributed by atoms with Gasteiger partial charge in [-0.1, -0.05) is 26.0 Å². The highest BCUT2D eigenvalue weighted by atomic mass is 16.8. The Kier molecular flexibility index (Phi) is 4.37. The average molecular weight is 403 g/mol. The van der Waals surface area contributed by atoms with E-state index < -0.39 is 5.79 Å². The zero-order valence-electron chi connectivity index (χ0n) is 18.8. The standard InChI is InChI=1S/C25H38O4/c1-14-7-8-17-20-18(10-12-24(14,17)5)25(6)11-9-16(27-15(2)26)13-19(25)21-22(20)29-23(3,4)28-21/h16-22H,1,7-13H2,2-6H3/t16-,17-,18-,19+,20-,21+,22+,24+,25+/m0/s1. The molecule has 1 aliphatic heterocycles. The van der Waals surface area contributed by atoms with E-state index in [2.05, 4.69) is 34.3 Å². The molecule has 29 heavy (non-hydrogen) atoms. The normalized spacial score (nSPS) is 52.9. The maximum absolute atomic E-state index is 11.6. The van der Waals surface area contributed by atoms with Crippen LogP contribution in [0.5, 0.6) is 0 Å². The number of esters is 1. The van der Waals surface area contributed by atoms with Gasteiger partial charge in [0, 0.05) is 6.92 Å². The second-order valence-corrected chi connectivity index (χ2v) is 11.6. The van der Waals surface area contributed by atoms with E-state index in [1.54, 1.807) is 0 Å². The predicted molar refractivity (Wildman–Crippen MR) is 111 cm³/mol. The number of fused-ring (bicyclic) bond motifs is 8. The summed E-state index contributed by atoms with van der Waals surface area (Å²) in [7, 11) is 0. The van der Waals surface area contributed by atoms with Gasteiger partial charge < -0.3 is 14.2 Å². The maximum Gasteiger partial charge on any atom is 0.302 e. The molecule has 0 unspecified atom stereocenters. The molecule has 4 aliphatic carbocycles. The number of ether oxygens (including phenoxy) is 3. The van der Waals surface area contributed by atoms with Gasteiger partial charge in [-0.05, 0) is 93.3 Å². The van der Waals surface area contributed by atoms with Gasteiger partial charge in [0.05, 0.1) is 12.2 Å². The highest BCUT2D eigenvalue weighted by molar-refractivity contribution is 5.66. The molecular formula is C25H38O4. The maximum atomic E-state index is 11.6. The first-order chi connectivity index (χ1) is 13.6. The lowest BCUT2D eigenvalue weighted by Crippen LogP contribution is -2.63. The summed E-state index contributed by atoms with van der Waals surface area (Å²) in [4.78, 5) is 11.6. The minimum absolute atomic E-state index is 0.0233. The van der Waals surface area contributed by atoms with Gasteiger partial charge in [0.25, 0.3) is 0 Å². The third kappa shape index (κ3) is 2.81. The van der Waals surface area contributed by atoms with E-state index in [4.69, 9.17) is 14.2 Å². The fourth-order valence-corrected chi connectivity index (χ4v) is 8.40. The fourth-order valence-electron chi connectivity index (χ4n) is 8.40. The summed E-state index contributed by atoms with van der Waals surface area (Å²) in [5.74, 6) is 1.55. The quantitative estimate of drug-likeness (QED) is 0.443. The molecule has 0 spiro atoms. The molecule has 1 saturated heterocycles. The lowest BCUT2D eigenvalue weighted by atomic mass is 9.43. The smallest absolute Gasteiger partial charge is 0.302 e. The van der Waals surface area contributed by atoms with Crippen molar-refractivity contribution < 1.29 is 19.0 Å². The van der Waals surface area contributed by atoms with Gasteiger partial charge in [0.15, 0.2) is 5.79 Å². The Hall–Kier alpha value is -0.870. The van der Waals surface area contributed by atoms with E-state index in [0.717, 1.165) is 19.3 Å². The fraction of sp³-hybridized carbons (Fsp3) is 0.880. The molecule has 5 rings (SSSR count). The summed E-state index contributed by atoms with van der Waals surface area (Å²) < 4.78 is 18.9. The topological polar surface area (TPSA) is 44.8 Å². The van der Waals surface area contributed by atoms with Crippen LogP contribution >= 0.6 is 0 Å². The number of hydrogen-bond acceptors (Lipinski definition) is 4. The van der Waals surface area contributed by atoms with Crippen molar-refractivity contribution in [2.24, 2.45) is 34.5 Å². The first-order valence-corrected chi connectivity index (χ1v) is 11.8. The second kappa shape index (κ2) is 6.32. The Morgan fingerprint density at radius 1 is 1.00 bits per heavy atom. The number of carbonyl (C=O) groups excluding carboxylic acids is 1. The highest BCUT2D eigenvalue weighted by Gasteiger charge is 2.68. The Bertz CT molecular complexity index is 728. The van der Waals surface area contributed by atoms with Crippen molar-refractivity contribution in [3.05, 3.63) is 12.2 Å². The van der Waals surface area contributed by atoms with Gasteiger partial charge in [-0.3, -0.25) is 4.79 Å². The molecule has 0 amide bonds. The lowest BCUT2D eigenvalue weighted by Gasteiger charge is -2.63. The molecule has 4 saturated carbocycles. The van der Waals surface area contributed by atoms with Crippen molar-refractivity contribution in [2.45, 2.75) is 104 Å². The third-order valence-corrected chi connectivity index (χ3v) is 9.78. The molecule has 5 fully saturated rings. The van der Waals surface area contributed by atoms with Crippen LogP contribution in [0.2, 0.25) is 0 Å². The van der Waals surface area contributed by atoms with Gasteiger partial charge in [-0.2, -0.15) is 0 Å². The second-order valence-electron chi connectivity index (χ2n) is 11.6. The number of hydrogen-bond donors (Lipinski definition) is 0. The molecule has 4 heteroatoms. The minimum Gasteiger partial charge on any atom is -0.463 e. The first kappa shape index (κ1) is 20.1. The number of allylic oxidation sites excluding steroid dienone is 1. The van der Waals surface area contributed by atoms with Crippen LogP contribution in [0.1, 0.15) is 79.6 Å². The van der Waals surface area contributed by atoms with E-state index in [9.17, 15) is 4.79 Å². The Balaban J connectivity index is 1.53. The van der Waals surface area contributed by atoms with Crippen LogP contribution in [-0.4, -0.2) is 30.1 Å². The van der Waals surface area contributed by atoms with Crippen LogP contribution in [0.15, 0.2) is 12.2 Å². The zero-order valence-corrected chi connectivity index (χ0v) is 18.8. The van der Waals surface area contributed by atoms with Crippen molar-refractivity contribution >= 4 is 5.97 Å². The Morgan fingerprint density at radius 2 is 1.72 bits per heavy atom. The molecular weight excluding hydrogens is 364 g/mol. The summed E-state index contributed by atoms with van der Waals surface area (Å²) >= 11 is 0. The van der Waals surface area contributed by atoms with Crippen LogP contribution in [-0.2, 0) is 19.0 Å². The molecule has 162 valence electrons. The third-order valence-electron chi connectivity index (χ3n) is 9.78. The van der Waals surface area contributed by atoms with Crippen molar-refractivity contribution in [1.82, 2.24) is 0 Å². The van der Waals surface area contributed by atoms with Crippen molar-refractivity contribution in [3.63, 3.8) is 0 Å². The van der Waals surface area contributed by atoms with Gasteiger partial charge in [0.1, 0.15) is 6.10 Å². The summed E-state index contributed by atoms with van der Waals surface area (Å²) in [6.45, 7) is 15.1. The lowest BCUT2D eigenvalue weighted by molar-refractivity contribution is -0.190. The van der Waals surface area contributed by atoms with E-state index in [0.29, 0.717) is 23.7 Å². The van der Waals surface area contributed by atoms with E-state index in [-0.39, 0.29) is 35.1 Å². The largest absolute Gasteiger partial charge is 0.463 e. The summed E-state index contributed by atoms with van der Waals surface area (Å²) in [6, 6.07) is 0. The van der Waals surface area contributed by atoms with Crippen LogP contribution in [0, 0.1) is 34.5 Å². The molecule has 5 aliphatic rings. The molecule has 4 nitrogen and oxygen atoms in total. The molecule has 0 aromatic heterocycles. The van der Waals surface area contributed by atoms with Crippen LogP contribution in [0.3, 0.4) is 0 Å². The summed E-state index contributed by atoms with van der Waals surface area (Å²) in [6.07, 6.45) is 8.22. The highest BCUT2D eigenvalue weighted by Crippen LogP contribution is 2.69. The van der Waals surface area contributed by atoms with Crippen LogP contribution in [0.4, 0.5) is 0 Å². The van der Waals surface area contributed by atoms with Crippen LogP contribution in [0.25, 0.3) is 0 Å². The van der Waals surface area contributed by atoms with Crippen molar-refractivity contribution in [2.75, 3.05) is 0 Å². The molecule has 1 heterocycles. The van der Waals surface area contributed by atoms with E-state index in [1.165, 1.54) is 38.2 Å². The number of carbonyl (C=O) groups is 1. The van der Waals surface area contributed by atoms with Crippen molar-refractivity contribution in [1.29, 1.82) is 0 Å². The Morgan fingerprint density at radius 3 is 2.45 bits per heavy atom. The van der Waals surface area contributed by atoms with Gasteiger partial charge in [-0.15, -0.1) is 0 Å². The molecule has 0 radical (unpaired) electrons. The first-order valence-electron chi connectivity index (χ1n) is 11.8. The molecule has 0 bridgehead atoms. The summed E-state index contributed by atoms with van der Waals surface area (Å²) in [5, 5.41) is 0. The predicted octanol–water partition coefficient (Wildman–Crippen LogP) is 5.26. The van der Waals surface area contributed by atoms with Gasteiger partial charge in [0.2, 0.25) is 0 Å². The summed E-state index contributed by atoms with van der Waals surface area (Å²) in [5.41, 5.74) is 1.96. The molecule has 0 aromatic rings. The molecule has 0 aromatic carbocycles. The van der Waals surface area contributed by atoms with E-state index >= 15 is 0 Å². The van der Waals surface area contributed by atoms with Crippen LogP contribution < -0.4 is 0 Å². The minimum atomic E-state index is -0.539. The molecule has 9 atom stereocenters. The zero-order chi connectivity index (χ0) is 20.8. The SMILES string of the molecule is C=C1CC[C@H]2[C@@H]3[C@H]4OC(C)(C)O[C@@H]4[C@H]4C[C@@H](OC(C)=O)CC[C@]4(C)[C@H]3CC[C@]12C. The Labute approximate surface area is 175 Å². The monoisotopic (exact) mass is 402 g/mol. The van der Waals surface area contributed by atoms with Crippen molar-refractivity contribution in [3.8, 4) is 0 Å². The number of rotatable bonds is 1. The molecule has 0 N–H and O–H groups in total. The van der Waals surface area contributed by atoms with Gasteiger partial charge >= 0.3 is 5.97 Å². The average Bonchev–Trinajstić information content (AvgIpc) is 3.11. The van der Waals surface area contributed by atoms with E-state index in [1.807, 2.05) is 0 Å².